The van der Waals surface area contributed by atoms with Crippen molar-refractivity contribution in [3.05, 3.63) is 47.8 Å². The first-order valence-electron chi connectivity index (χ1n) is 8.40. The van der Waals surface area contributed by atoms with Gasteiger partial charge in [-0.3, -0.25) is 9.48 Å². The molecule has 0 saturated heterocycles. The fourth-order valence-electron chi connectivity index (χ4n) is 2.54. The van der Waals surface area contributed by atoms with Gasteiger partial charge >= 0.3 is 12.1 Å². The molecule has 2 rings (SSSR count). The molecule has 2 N–H and O–H groups in total. The predicted molar refractivity (Wildman–Crippen MR) is 92.9 cm³/mol. The molecule has 1 atom stereocenters. The molecule has 1 unspecified atom stereocenters. The fraction of sp³-hybridized carbons (Fsp3) is 0.389. The Balaban J connectivity index is 1.88. The van der Waals surface area contributed by atoms with E-state index in [0.29, 0.717) is 16.9 Å². The number of hydrogen-bond acceptors (Lipinski definition) is 4. The van der Waals surface area contributed by atoms with Crippen LogP contribution < -0.4 is 10.1 Å². The Morgan fingerprint density at radius 3 is 2.50 bits per heavy atom. The first kappa shape index (κ1) is 21.3. The van der Waals surface area contributed by atoms with Gasteiger partial charge in [-0.05, 0) is 36.6 Å². The Morgan fingerprint density at radius 2 is 1.93 bits per heavy atom. The zero-order chi connectivity index (χ0) is 20.7. The van der Waals surface area contributed by atoms with Crippen molar-refractivity contribution in [2.75, 3.05) is 7.11 Å². The maximum Gasteiger partial charge on any atom is 0.408 e. The lowest BCUT2D eigenvalue weighted by molar-refractivity contribution is -0.143. The Kier molecular flexibility index (Phi) is 7.02. The molecule has 10 heteroatoms. The molecule has 1 heterocycles. The summed E-state index contributed by atoms with van der Waals surface area (Å²) in [5.74, 6) is -1.14. The summed E-state index contributed by atoms with van der Waals surface area (Å²) in [4.78, 5) is 23.4. The van der Waals surface area contributed by atoms with Crippen LogP contribution in [0, 0.1) is 0 Å². The van der Waals surface area contributed by atoms with Crippen molar-refractivity contribution in [1.29, 1.82) is 0 Å². The number of aromatic nitrogens is 2. The van der Waals surface area contributed by atoms with Crippen molar-refractivity contribution in [3.63, 3.8) is 0 Å². The van der Waals surface area contributed by atoms with Crippen molar-refractivity contribution in [1.82, 2.24) is 15.1 Å². The lowest BCUT2D eigenvalue weighted by Gasteiger charge is -2.14. The highest BCUT2D eigenvalue weighted by Gasteiger charge is 2.28. The highest BCUT2D eigenvalue weighted by atomic mass is 19.4. The Labute approximate surface area is 159 Å². The highest BCUT2D eigenvalue weighted by molar-refractivity contribution is 5.84. The van der Waals surface area contributed by atoms with Crippen LogP contribution in [0.2, 0.25) is 0 Å². The normalized spacial score (nSPS) is 12.4. The molecular weight excluding hydrogens is 379 g/mol. The minimum Gasteiger partial charge on any atom is -0.497 e. The summed E-state index contributed by atoms with van der Waals surface area (Å²) < 4.78 is 42.7. The molecule has 152 valence electrons. The van der Waals surface area contributed by atoms with Crippen LogP contribution >= 0.6 is 0 Å². The number of carbonyl (C=O) groups excluding carboxylic acids is 1. The molecule has 0 bridgehead atoms. The second kappa shape index (κ2) is 9.25. The molecule has 1 amide bonds. The van der Waals surface area contributed by atoms with Crippen LogP contribution in [0.25, 0.3) is 0 Å². The smallest absolute Gasteiger partial charge is 0.408 e. The Morgan fingerprint density at radius 1 is 1.25 bits per heavy atom. The maximum absolute atomic E-state index is 12.3. The van der Waals surface area contributed by atoms with E-state index in [9.17, 15) is 27.9 Å². The molecule has 7 nitrogen and oxygen atoms in total. The van der Waals surface area contributed by atoms with E-state index in [0.717, 1.165) is 11.8 Å². The van der Waals surface area contributed by atoms with E-state index in [1.54, 1.807) is 24.3 Å². The third kappa shape index (κ3) is 6.93. The van der Waals surface area contributed by atoms with Gasteiger partial charge in [0.15, 0.2) is 0 Å². The van der Waals surface area contributed by atoms with Gasteiger partial charge in [-0.25, -0.2) is 4.79 Å². The lowest BCUT2D eigenvalue weighted by atomic mass is 10.0. The van der Waals surface area contributed by atoms with Crippen LogP contribution in [0.15, 0.2) is 36.5 Å². The van der Waals surface area contributed by atoms with E-state index in [1.807, 2.05) is 0 Å². The van der Waals surface area contributed by atoms with Gasteiger partial charge in [0.25, 0.3) is 0 Å². The van der Waals surface area contributed by atoms with E-state index < -0.39 is 30.6 Å². The third-order valence-corrected chi connectivity index (χ3v) is 3.89. The minimum absolute atomic E-state index is 0.126. The number of rotatable bonds is 9. The number of carboxylic acids is 1. The number of alkyl halides is 3. The summed E-state index contributed by atoms with van der Waals surface area (Å²) >= 11 is 0. The third-order valence-electron chi connectivity index (χ3n) is 3.89. The number of aliphatic carboxylic acids is 1. The number of carbonyl (C=O) groups is 2. The maximum atomic E-state index is 12.3. The monoisotopic (exact) mass is 399 g/mol. The van der Waals surface area contributed by atoms with E-state index in [4.69, 9.17) is 4.74 Å². The SMILES string of the molecule is COc1ccc(CCC(NC(=O)Cc2ccn(CC(F)(F)F)n2)C(=O)O)cc1. The quantitative estimate of drug-likeness (QED) is 0.674. The summed E-state index contributed by atoms with van der Waals surface area (Å²) in [6.07, 6.45) is -3.02. The predicted octanol–water partition coefficient (Wildman–Crippen LogP) is 2.20. The van der Waals surface area contributed by atoms with Crippen LogP contribution in [-0.4, -0.2) is 46.1 Å². The molecule has 0 aliphatic rings. The van der Waals surface area contributed by atoms with Crippen molar-refractivity contribution in [2.45, 2.75) is 38.0 Å². The van der Waals surface area contributed by atoms with Crippen LogP contribution in [0.4, 0.5) is 13.2 Å². The molecule has 0 fully saturated rings. The average Bonchev–Trinajstić information content (AvgIpc) is 3.03. The first-order valence-corrected chi connectivity index (χ1v) is 8.40. The number of nitrogens with one attached hydrogen (secondary N) is 1. The molecule has 0 saturated carbocycles. The molecule has 0 aliphatic carbocycles. The lowest BCUT2D eigenvalue weighted by Crippen LogP contribution is -2.41. The van der Waals surface area contributed by atoms with E-state index in [2.05, 4.69) is 10.4 Å². The number of amides is 1. The topological polar surface area (TPSA) is 93.5 Å². The van der Waals surface area contributed by atoms with E-state index in [1.165, 1.54) is 13.2 Å². The average molecular weight is 399 g/mol. The van der Waals surface area contributed by atoms with Crippen molar-refractivity contribution >= 4 is 11.9 Å². The minimum atomic E-state index is -4.42. The standard InChI is InChI=1S/C18H20F3N3O4/c1-28-14-5-2-12(3-6-14)4-7-15(17(26)27)22-16(25)10-13-8-9-24(23-13)11-18(19,20)21/h2-3,5-6,8-9,15H,4,7,10-11H2,1H3,(H,22,25)(H,26,27). The summed E-state index contributed by atoms with van der Waals surface area (Å²) in [5.41, 5.74) is 1.01. The molecule has 0 aliphatic heterocycles. The molecular formula is C18H20F3N3O4. The van der Waals surface area contributed by atoms with Gasteiger partial charge in [-0.15, -0.1) is 0 Å². The molecule has 1 aromatic carbocycles. The zero-order valence-corrected chi connectivity index (χ0v) is 15.1. The number of methoxy groups -OCH3 is 1. The first-order chi connectivity index (χ1) is 13.2. The Bertz CT molecular complexity index is 803. The molecule has 28 heavy (non-hydrogen) atoms. The second-order valence-corrected chi connectivity index (χ2v) is 6.14. The number of nitrogens with zero attached hydrogens (tertiary/aromatic N) is 2. The molecule has 0 spiro atoms. The van der Waals surface area contributed by atoms with E-state index in [-0.39, 0.29) is 18.5 Å². The number of carboxylic acid groups (broad SMARTS) is 1. The van der Waals surface area contributed by atoms with Gasteiger partial charge in [0.1, 0.15) is 18.3 Å². The highest BCUT2D eigenvalue weighted by Crippen LogP contribution is 2.17. The van der Waals surface area contributed by atoms with Crippen LogP contribution in [0.1, 0.15) is 17.7 Å². The number of halogens is 3. The molecule has 2 aromatic rings. The van der Waals surface area contributed by atoms with Gasteiger partial charge in [-0.1, -0.05) is 12.1 Å². The number of benzene rings is 1. The summed E-state index contributed by atoms with van der Waals surface area (Å²) in [7, 11) is 1.54. The number of aryl methyl sites for hydroxylation is 1. The number of ether oxygens (including phenoxy) is 1. The van der Waals surface area contributed by atoms with Crippen molar-refractivity contribution in [2.24, 2.45) is 0 Å². The zero-order valence-electron chi connectivity index (χ0n) is 15.1. The summed E-state index contributed by atoms with van der Waals surface area (Å²) in [6.45, 7) is -1.26. The molecule has 1 aromatic heterocycles. The summed E-state index contributed by atoms with van der Waals surface area (Å²) in [5, 5.41) is 15.4. The largest absolute Gasteiger partial charge is 0.497 e. The van der Waals surface area contributed by atoms with Gasteiger partial charge in [0.05, 0.1) is 19.2 Å². The van der Waals surface area contributed by atoms with Crippen molar-refractivity contribution < 1.29 is 32.6 Å². The van der Waals surface area contributed by atoms with Gasteiger partial charge in [-0.2, -0.15) is 18.3 Å². The van der Waals surface area contributed by atoms with Crippen LogP contribution in [0.5, 0.6) is 5.75 Å². The fourth-order valence-corrected chi connectivity index (χ4v) is 2.54. The summed E-state index contributed by atoms with van der Waals surface area (Å²) in [6, 6.07) is 7.27. The van der Waals surface area contributed by atoms with Gasteiger partial charge in [0, 0.05) is 6.20 Å². The van der Waals surface area contributed by atoms with Crippen LogP contribution in [-0.2, 0) is 29.0 Å². The van der Waals surface area contributed by atoms with E-state index >= 15 is 0 Å². The van der Waals surface area contributed by atoms with Crippen LogP contribution in [0.3, 0.4) is 0 Å². The van der Waals surface area contributed by atoms with Gasteiger partial charge < -0.3 is 15.2 Å². The number of hydrogen-bond donors (Lipinski definition) is 2. The van der Waals surface area contributed by atoms with Gasteiger partial charge in [0.2, 0.25) is 5.91 Å². The molecule has 0 radical (unpaired) electrons. The Hall–Kier alpha value is -3.04. The second-order valence-electron chi connectivity index (χ2n) is 6.14. The van der Waals surface area contributed by atoms with Crippen molar-refractivity contribution in [3.8, 4) is 5.75 Å².